The van der Waals surface area contributed by atoms with E-state index in [-0.39, 0.29) is 0 Å². The van der Waals surface area contributed by atoms with Crippen molar-refractivity contribution in [1.29, 1.82) is 5.26 Å². The standard InChI is InChI=1S/C10H12N4S/c11-8-9-10(13-3-2-12-9)14-4-1-6-15-7-5-14/h2-3H,1,4-7H2. The molecular formula is C10H12N4S. The molecule has 1 aliphatic heterocycles. The van der Waals surface area contributed by atoms with E-state index in [9.17, 15) is 0 Å². The van der Waals surface area contributed by atoms with Gasteiger partial charge in [0.25, 0.3) is 0 Å². The number of anilines is 1. The Balaban J connectivity index is 2.23. The van der Waals surface area contributed by atoms with Crippen molar-refractivity contribution in [3.63, 3.8) is 0 Å². The second kappa shape index (κ2) is 4.99. The first-order valence-corrected chi connectivity index (χ1v) is 6.11. The topological polar surface area (TPSA) is 52.8 Å². The van der Waals surface area contributed by atoms with Crippen LogP contribution in [0, 0.1) is 11.3 Å². The summed E-state index contributed by atoms with van der Waals surface area (Å²) in [5.74, 6) is 3.03. The molecule has 15 heavy (non-hydrogen) atoms. The average Bonchev–Trinajstić information content (AvgIpc) is 2.57. The van der Waals surface area contributed by atoms with Crippen molar-refractivity contribution in [2.24, 2.45) is 0 Å². The van der Waals surface area contributed by atoms with Crippen molar-refractivity contribution in [1.82, 2.24) is 9.97 Å². The van der Waals surface area contributed by atoms with Crippen LogP contribution in [0.3, 0.4) is 0 Å². The van der Waals surface area contributed by atoms with Crippen LogP contribution in [0.1, 0.15) is 12.1 Å². The van der Waals surface area contributed by atoms with E-state index in [1.165, 1.54) is 5.75 Å². The Morgan fingerprint density at radius 2 is 2.13 bits per heavy atom. The van der Waals surface area contributed by atoms with Crippen LogP contribution >= 0.6 is 11.8 Å². The van der Waals surface area contributed by atoms with Gasteiger partial charge >= 0.3 is 0 Å². The van der Waals surface area contributed by atoms with E-state index < -0.39 is 0 Å². The molecule has 0 aliphatic carbocycles. The Labute approximate surface area is 93.3 Å². The molecular weight excluding hydrogens is 208 g/mol. The summed E-state index contributed by atoms with van der Waals surface area (Å²) in [5, 5.41) is 8.94. The van der Waals surface area contributed by atoms with Crippen molar-refractivity contribution in [3.8, 4) is 6.07 Å². The molecule has 0 bridgehead atoms. The van der Waals surface area contributed by atoms with E-state index in [1.54, 1.807) is 12.4 Å². The molecule has 5 heteroatoms. The Morgan fingerprint density at radius 1 is 1.27 bits per heavy atom. The van der Waals surface area contributed by atoms with Gasteiger partial charge in [-0.25, -0.2) is 9.97 Å². The van der Waals surface area contributed by atoms with E-state index in [1.807, 2.05) is 11.8 Å². The molecule has 0 spiro atoms. The number of nitrogens with zero attached hydrogens (tertiary/aromatic N) is 4. The zero-order valence-electron chi connectivity index (χ0n) is 8.39. The van der Waals surface area contributed by atoms with Crippen LogP contribution in [-0.2, 0) is 0 Å². The number of aromatic nitrogens is 2. The summed E-state index contributed by atoms with van der Waals surface area (Å²) in [4.78, 5) is 10.4. The summed E-state index contributed by atoms with van der Waals surface area (Å²) in [6.07, 6.45) is 4.36. The fourth-order valence-electron chi connectivity index (χ4n) is 1.60. The summed E-state index contributed by atoms with van der Waals surface area (Å²) >= 11 is 1.95. The summed E-state index contributed by atoms with van der Waals surface area (Å²) < 4.78 is 0. The highest BCUT2D eigenvalue weighted by Gasteiger charge is 2.15. The lowest BCUT2D eigenvalue weighted by molar-refractivity contribution is 0.795. The maximum Gasteiger partial charge on any atom is 0.183 e. The molecule has 0 saturated carbocycles. The Kier molecular flexibility index (Phi) is 3.41. The SMILES string of the molecule is N#Cc1nccnc1N1CCCSCC1. The monoisotopic (exact) mass is 220 g/mol. The molecule has 1 aromatic rings. The summed E-state index contributed by atoms with van der Waals surface area (Å²) in [5.41, 5.74) is 0.435. The molecule has 0 atom stereocenters. The number of thioether (sulfide) groups is 1. The van der Waals surface area contributed by atoms with E-state index in [2.05, 4.69) is 20.9 Å². The number of hydrogen-bond donors (Lipinski definition) is 0. The molecule has 0 N–H and O–H groups in total. The van der Waals surface area contributed by atoms with Crippen molar-refractivity contribution in [2.45, 2.75) is 6.42 Å². The highest BCUT2D eigenvalue weighted by Crippen LogP contribution is 2.18. The Hall–Kier alpha value is -1.28. The molecule has 1 aromatic heterocycles. The number of nitriles is 1. The van der Waals surface area contributed by atoms with Crippen molar-refractivity contribution < 1.29 is 0 Å². The summed E-state index contributed by atoms with van der Waals surface area (Å²) in [6, 6.07) is 2.09. The quantitative estimate of drug-likeness (QED) is 0.714. The predicted octanol–water partition coefficient (Wildman–Crippen LogP) is 1.29. The van der Waals surface area contributed by atoms with Crippen LogP contribution in [0.2, 0.25) is 0 Å². The van der Waals surface area contributed by atoms with E-state index in [4.69, 9.17) is 5.26 Å². The van der Waals surface area contributed by atoms with Crippen molar-refractivity contribution in [3.05, 3.63) is 18.1 Å². The van der Waals surface area contributed by atoms with Crippen molar-refractivity contribution in [2.75, 3.05) is 29.5 Å². The normalized spacial score (nSPS) is 16.9. The lowest BCUT2D eigenvalue weighted by atomic mass is 10.3. The first-order chi connectivity index (χ1) is 7.42. The zero-order valence-corrected chi connectivity index (χ0v) is 9.20. The van der Waals surface area contributed by atoms with Crippen molar-refractivity contribution >= 4 is 17.6 Å². The summed E-state index contributed by atoms with van der Waals surface area (Å²) in [7, 11) is 0. The molecule has 2 rings (SSSR count). The number of rotatable bonds is 1. The van der Waals surface area contributed by atoms with Gasteiger partial charge in [-0.3, -0.25) is 0 Å². The van der Waals surface area contributed by atoms with Gasteiger partial charge < -0.3 is 4.90 Å². The molecule has 78 valence electrons. The fourth-order valence-corrected chi connectivity index (χ4v) is 2.49. The van der Waals surface area contributed by atoms with E-state index in [0.717, 1.165) is 31.1 Å². The Morgan fingerprint density at radius 3 is 3.00 bits per heavy atom. The molecule has 0 unspecified atom stereocenters. The van der Waals surface area contributed by atoms with Gasteiger partial charge in [-0.05, 0) is 12.2 Å². The lowest BCUT2D eigenvalue weighted by Gasteiger charge is -2.20. The van der Waals surface area contributed by atoms with Crippen LogP contribution in [0.15, 0.2) is 12.4 Å². The van der Waals surface area contributed by atoms with Crippen LogP contribution in [0.4, 0.5) is 5.82 Å². The van der Waals surface area contributed by atoms with Gasteiger partial charge in [0.2, 0.25) is 0 Å². The van der Waals surface area contributed by atoms with Gasteiger partial charge in [-0.1, -0.05) is 0 Å². The lowest BCUT2D eigenvalue weighted by Crippen LogP contribution is -2.27. The van der Waals surface area contributed by atoms with E-state index >= 15 is 0 Å². The second-order valence-corrected chi connectivity index (χ2v) is 4.52. The molecule has 0 aromatic carbocycles. The molecule has 1 aliphatic rings. The minimum Gasteiger partial charge on any atom is -0.353 e. The zero-order chi connectivity index (χ0) is 10.5. The highest BCUT2D eigenvalue weighted by molar-refractivity contribution is 7.99. The average molecular weight is 220 g/mol. The first kappa shape index (κ1) is 10.2. The van der Waals surface area contributed by atoms with Crippen LogP contribution in [0.5, 0.6) is 0 Å². The van der Waals surface area contributed by atoms with Gasteiger partial charge in [0.1, 0.15) is 6.07 Å². The largest absolute Gasteiger partial charge is 0.353 e. The minimum absolute atomic E-state index is 0.435. The highest BCUT2D eigenvalue weighted by atomic mass is 32.2. The molecule has 4 nitrogen and oxygen atoms in total. The first-order valence-electron chi connectivity index (χ1n) is 4.95. The molecule has 1 saturated heterocycles. The van der Waals surface area contributed by atoms with Gasteiger partial charge in [0, 0.05) is 31.2 Å². The van der Waals surface area contributed by atoms with Crippen LogP contribution in [0.25, 0.3) is 0 Å². The summed E-state index contributed by atoms with van der Waals surface area (Å²) in [6.45, 7) is 1.93. The van der Waals surface area contributed by atoms with Crippen LogP contribution < -0.4 is 4.90 Å². The number of hydrogen-bond acceptors (Lipinski definition) is 5. The van der Waals surface area contributed by atoms with Gasteiger partial charge in [-0.2, -0.15) is 17.0 Å². The Bertz CT molecular complexity index is 366. The second-order valence-electron chi connectivity index (χ2n) is 3.29. The smallest absolute Gasteiger partial charge is 0.183 e. The van der Waals surface area contributed by atoms with Gasteiger partial charge in [0.05, 0.1) is 0 Å². The molecule has 0 radical (unpaired) electrons. The molecule has 1 fully saturated rings. The third kappa shape index (κ3) is 2.39. The fraction of sp³-hybridized carbons (Fsp3) is 0.500. The van der Waals surface area contributed by atoms with Crippen LogP contribution in [-0.4, -0.2) is 34.6 Å². The maximum absolute atomic E-state index is 8.94. The molecule has 2 heterocycles. The third-order valence-electron chi connectivity index (χ3n) is 2.31. The predicted molar refractivity (Wildman–Crippen MR) is 60.9 cm³/mol. The van der Waals surface area contributed by atoms with Gasteiger partial charge in [0.15, 0.2) is 11.5 Å². The maximum atomic E-state index is 8.94. The van der Waals surface area contributed by atoms with E-state index in [0.29, 0.717) is 5.69 Å². The minimum atomic E-state index is 0.435. The third-order valence-corrected chi connectivity index (χ3v) is 3.36. The van der Waals surface area contributed by atoms with Gasteiger partial charge in [-0.15, -0.1) is 0 Å². The molecule has 0 amide bonds.